The Labute approximate surface area is 169 Å². The van der Waals surface area contributed by atoms with Crippen LogP contribution in [0.2, 0.25) is 0 Å². The lowest BCUT2D eigenvalue weighted by molar-refractivity contribution is 0.0950. The molecule has 0 aliphatic rings. The maximum Gasteiger partial charge on any atom is 0.254 e. The van der Waals surface area contributed by atoms with E-state index in [2.05, 4.69) is 25.6 Å². The van der Waals surface area contributed by atoms with Crippen LogP contribution in [0, 0.1) is 0 Å². The largest absolute Gasteiger partial charge is 0.493 e. The van der Waals surface area contributed by atoms with Crippen molar-refractivity contribution in [3.8, 4) is 11.5 Å². The van der Waals surface area contributed by atoms with Gasteiger partial charge in [0, 0.05) is 37.9 Å². The fourth-order valence-corrected chi connectivity index (χ4v) is 2.68. The van der Waals surface area contributed by atoms with Crippen LogP contribution in [0.15, 0.2) is 55.1 Å². The molecule has 0 bridgehead atoms. The van der Waals surface area contributed by atoms with Crippen LogP contribution in [0.1, 0.15) is 21.5 Å². The fraction of sp³-hybridized carbons (Fsp3) is 0.238. The smallest absolute Gasteiger partial charge is 0.254 e. The van der Waals surface area contributed by atoms with Gasteiger partial charge in [0.25, 0.3) is 5.91 Å². The first-order chi connectivity index (χ1) is 14.2. The van der Waals surface area contributed by atoms with Crippen molar-refractivity contribution in [3.63, 3.8) is 0 Å². The van der Waals surface area contributed by atoms with Gasteiger partial charge in [0.1, 0.15) is 0 Å². The first kappa shape index (κ1) is 20.1. The second kappa shape index (κ2) is 10.0. The molecule has 0 unspecified atom stereocenters. The van der Waals surface area contributed by atoms with Crippen LogP contribution in [0.3, 0.4) is 0 Å². The van der Waals surface area contributed by atoms with E-state index in [0.29, 0.717) is 36.1 Å². The third kappa shape index (κ3) is 5.65. The Morgan fingerprint density at radius 1 is 1.00 bits per heavy atom. The predicted octanol–water partition coefficient (Wildman–Crippen LogP) is 2.47. The van der Waals surface area contributed by atoms with Gasteiger partial charge in [-0.25, -0.2) is 9.97 Å². The molecule has 1 amide bonds. The van der Waals surface area contributed by atoms with Crippen molar-refractivity contribution in [1.82, 2.24) is 20.3 Å². The zero-order chi connectivity index (χ0) is 20.5. The van der Waals surface area contributed by atoms with Crippen LogP contribution in [0.4, 0.5) is 5.95 Å². The number of carbonyl (C=O) groups excluding carboxylic acids is 1. The Balaban J connectivity index is 1.48. The van der Waals surface area contributed by atoms with E-state index in [0.717, 1.165) is 17.5 Å². The highest BCUT2D eigenvalue weighted by molar-refractivity contribution is 5.93. The number of carbonyl (C=O) groups is 1. The van der Waals surface area contributed by atoms with E-state index in [1.165, 1.54) is 12.4 Å². The van der Waals surface area contributed by atoms with Crippen molar-refractivity contribution >= 4 is 11.9 Å². The van der Waals surface area contributed by atoms with Gasteiger partial charge in [-0.15, -0.1) is 0 Å². The molecule has 8 nitrogen and oxygen atoms in total. The summed E-state index contributed by atoms with van der Waals surface area (Å²) in [6.45, 7) is 1.04. The van der Waals surface area contributed by atoms with Gasteiger partial charge < -0.3 is 20.1 Å². The number of ether oxygens (including phenoxy) is 2. The number of hydrogen-bond donors (Lipinski definition) is 2. The number of hydrogen-bond acceptors (Lipinski definition) is 7. The Morgan fingerprint density at radius 3 is 2.48 bits per heavy atom. The Hall–Kier alpha value is -3.68. The molecular formula is C21H23N5O3. The molecule has 0 spiro atoms. The van der Waals surface area contributed by atoms with E-state index in [-0.39, 0.29) is 5.91 Å². The van der Waals surface area contributed by atoms with Crippen molar-refractivity contribution in [1.29, 1.82) is 0 Å². The van der Waals surface area contributed by atoms with Crippen LogP contribution >= 0.6 is 0 Å². The zero-order valence-corrected chi connectivity index (χ0v) is 16.4. The van der Waals surface area contributed by atoms with Crippen LogP contribution in [0.5, 0.6) is 11.5 Å². The van der Waals surface area contributed by atoms with Gasteiger partial charge in [0.2, 0.25) is 5.95 Å². The molecular weight excluding hydrogens is 370 g/mol. The molecule has 0 aliphatic carbocycles. The number of aromatic nitrogens is 3. The minimum atomic E-state index is -0.231. The van der Waals surface area contributed by atoms with Gasteiger partial charge in [-0.3, -0.25) is 9.78 Å². The maximum atomic E-state index is 12.2. The summed E-state index contributed by atoms with van der Waals surface area (Å²) in [7, 11) is 3.22. The molecule has 3 rings (SSSR count). The Morgan fingerprint density at radius 2 is 1.79 bits per heavy atom. The van der Waals surface area contributed by atoms with Crippen molar-refractivity contribution in [2.24, 2.45) is 0 Å². The minimum absolute atomic E-state index is 0.231. The Bertz CT molecular complexity index is 933. The molecule has 0 radical (unpaired) electrons. The molecule has 29 heavy (non-hydrogen) atoms. The highest BCUT2D eigenvalue weighted by Crippen LogP contribution is 2.27. The summed E-state index contributed by atoms with van der Waals surface area (Å²) in [5, 5.41) is 5.97. The van der Waals surface area contributed by atoms with E-state index in [9.17, 15) is 4.79 Å². The molecule has 150 valence electrons. The van der Waals surface area contributed by atoms with Gasteiger partial charge in [0.05, 0.1) is 19.8 Å². The number of anilines is 1. The molecule has 3 aromatic rings. The molecule has 8 heteroatoms. The summed E-state index contributed by atoms with van der Waals surface area (Å²) in [6.07, 6.45) is 7.17. The highest BCUT2D eigenvalue weighted by atomic mass is 16.5. The van der Waals surface area contributed by atoms with E-state index >= 15 is 0 Å². The topological polar surface area (TPSA) is 98.3 Å². The van der Waals surface area contributed by atoms with Crippen molar-refractivity contribution in [2.45, 2.75) is 13.0 Å². The molecule has 0 atom stereocenters. The number of amides is 1. The summed E-state index contributed by atoms with van der Waals surface area (Å²) >= 11 is 0. The molecule has 0 aliphatic heterocycles. The van der Waals surface area contributed by atoms with Crippen molar-refractivity contribution in [3.05, 3.63) is 71.8 Å². The van der Waals surface area contributed by atoms with Crippen LogP contribution < -0.4 is 20.1 Å². The predicted molar refractivity (Wildman–Crippen MR) is 109 cm³/mol. The van der Waals surface area contributed by atoms with Gasteiger partial charge in [-0.2, -0.15) is 0 Å². The average molecular weight is 393 g/mol. The number of rotatable bonds is 9. The molecule has 0 saturated carbocycles. The van der Waals surface area contributed by atoms with E-state index < -0.39 is 0 Å². The van der Waals surface area contributed by atoms with E-state index in [4.69, 9.17) is 9.47 Å². The third-order valence-corrected chi connectivity index (χ3v) is 4.23. The highest BCUT2D eigenvalue weighted by Gasteiger charge is 2.08. The fourth-order valence-electron chi connectivity index (χ4n) is 2.68. The standard InChI is InChI=1S/C21H23N5O3/c1-28-18-6-5-15(10-19(18)29-2)7-9-23-21-25-13-17(14-26-21)20(27)24-12-16-4-3-8-22-11-16/h3-6,8,10-11,13-14H,7,9,12H2,1-2H3,(H,24,27)(H,23,25,26). The number of pyridine rings is 1. The van der Waals surface area contributed by atoms with Crippen LogP contribution in [-0.4, -0.2) is 41.6 Å². The van der Waals surface area contributed by atoms with Gasteiger partial charge in [-0.1, -0.05) is 12.1 Å². The molecule has 0 fully saturated rings. The molecule has 2 aromatic heterocycles. The summed E-state index contributed by atoms with van der Waals surface area (Å²) in [5.74, 6) is 1.63. The monoisotopic (exact) mass is 393 g/mol. The second-order valence-corrected chi connectivity index (χ2v) is 6.21. The molecule has 1 aromatic carbocycles. The van der Waals surface area contributed by atoms with Crippen molar-refractivity contribution < 1.29 is 14.3 Å². The quantitative estimate of drug-likeness (QED) is 0.576. The number of methoxy groups -OCH3 is 2. The normalized spacial score (nSPS) is 10.3. The molecule has 2 N–H and O–H groups in total. The zero-order valence-electron chi connectivity index (χ0n) is 16.4. The van der Waals surface area contributed by atoms with Gasteiger partial charge in [0.15, 0.2) is 11.5 Å². The average Bonchev–Trinajstić information content (AvgIpc) is 2.78. The SMILES string of the molecule is COc1ccc(CCNc2ncc(C(=O)NCc3cccnc3)cn2)cc1OC. The summed E-state index contributed by atoms with van der Waals surface area (Å²) in [4.78, 5) is 24.6. The van der Waals surface area contributed by atoms with Crippen LogP contribution in [0.25, 0.3) is 0 Å². The Kier molecular flexibility index (Phi) is 6.94. The van der Waals surface area contributed by atoms with Gasteiger partial charge in [-0.05, 0) is 35.7 Å². The third-order valence-electron chi connectivity index (χ3n) is 4.23. The molecule has 0 saturated heterocycles. The van der Waals surface area contributed by atoms with E-state index in [1.807, 2.05) is 30.3 Å². The van der Waals surface area contributed by atoms with E-state index in [1.54, 1.807) is 26.6 Å². The summed E-state index contributed by atoms with van der Waals surface area (Å²) in [5.41, 5.74) is 2.43. The first-order valence-electron chi connectivity index (χ1n) is 9.13. The molecule has 2 heterocycles. The van der Waals surface area contributed by atoms with Crippen molar-refractivity contribution in [2.75, 3.05) is 26.1 Å². The number of benzene rings is 1. The lowest BCUT2D eigenvalue weighted by Crippen LogP contribution is -2.23. The van der Waals surface area contributed by atoms with Gasteiger partial charge >= 0.3 is 0 Å². The maximum absolute atomic E-state index is 12.2. The first-order valence-corrected chi connectivity index (χ1v) is 9.13. The van der Waals surface area contributed by atoms with Crippen LogP contribution in [-0.2, 0) is 13.0 Å². The summed E-state index contributed by atoms with van der Waals surface area (Å²) < 4.78 is 10.6. The number of nitrogens with zero attached hydrogens (tertiary/aromatic N) is 3. The number of nitrogens with one attached hydrogen (secondary N) is 2. The second-order valence-electron chi connectivity index (χ2n) is 6.21. The minimum Gasteiger partial charge on any atom is -0.493 e. The summed E-state index contributed by atoms with van der Waals surface area (Å²) in [6, 6.07) is 9.53. The lowest BCUT2D eigenvalue weighted by atomic mass is 10.1. The lowest BCUT2D eigenvalue weighted by Gasteiger charge is -2.10.